The van der Waals surface area contributed by atoms with Crippen molar-refractivity contribution in [3.05, 3.63) is 0 Å². The van der Waals surface area contributed by atoms with Crippen LogP contribution in [0.25, 0.3) is 0 Å². The molecule has 1 spiro atoms. The van der Waals surface area contributed by atoms with E-state index in [9.17, 15) is 0 Å². The van der Waals surface area contributed by atoms with Gasteiger partial charge >= 0.3 is 0 Å². The third-order valence-electron chi connectivity index (χ3n) is 5.59. The second-order valence-electron chi connectivity index (χ2n) is 8.90. The number of piperidine rings is 1. The maximum atomic E-state index is 2.69. The minimum atomic E-state index is 0.301. The van der Waals surface area contributed by atoms with Gasteiger partial charge in [0.25, 0.3) is 0 Å². The molecule has 2 rings (SSSR count). The molecule has 118 valence electrons. The second-order valence-corrected chi connectivity index (χ2v) is 8.90. The first-order valence-electron chi connectivity index (χ1n) is 8.26. The molecular weight excluding hydrogens is 246 g/mol. The van der Waals surface area contributed by atoms with Gasteiger partial charge in [0.2, 0.25) is 0 Å². The summed E-state index contributed by atoms with van der Waals surface area (Å²) in [6, 6.07) is 0. The molecule has 0 aliphatic carbocycles. The van der Waals surface area contributed by atoms with Gasteiger partial charge in [0.15, 0.2) is 0 Å². The van der Waals surface area contributed by atoms with E-state index in [1.54, 1.807) is 0 Å². The Kier molecular flexibility index (Phi) is 4.27. The number of rotatable bonds is 0. The minimum Gasteiger partial charge on any atom is -0.298 e. The van der Waals surface area contributed by atoms with Crippen LogP contribution >= 0.6 is 0 Å². The van der Waals surface area contributed by atoms with Crippen molar-refractivity contribution in [2.45, 2.75) is 71.0 Å². The zero-order valence-corrected chi connectivity index (χ0v) is 14.8. The molecule has 0 aromatic carbocycles. The Labute approximate surface area is 126 Å². The SMILES string of the molecule is CN1CCN(C(C)(C)C)CC12CCN(C(C)(C)C)CC2. The predicted molar refractivity (Wildman–Crippen MR) is 87.2 cm³/mol. The van der Waals surface area contributed by atoms with E-state index in [1.165, 1.54) is 45.6 Å². The molecule has 20 heavy (non-hydrogen) atoms. The Morgan fingerprint density at radius 3 is 1.65 bits per heavy atom. The number of hydrogen-bond donors (Lipinski definition) is 0. The molecule has 0 N–H and O–H groups in total. The normalized spacial score (nSPS) is 27.1. The Bertz CT molecular complexity index is 329. The van der Waals surface area contributed by atoms with E-state index in [-0.39, 0.29) is 0 Å². The summed E-state index contributed by atoms with van der Waals surface area (Å²) in [6.07, 6.45) is 2.63. The van der Waals surface area contributed by atoms with Crippen molar-refractivity contribution >= 4 is 0 Å². The van der Waals surface area contributed by atoms with Crippen molar-refractivity contribution < 1.29 is 0 Å². The molecular formula is C17H35N3. The van der Waals surface area contributed by atoms with Crippen molar-refractivity contribution in [1.82, 2.24) is 14.7 Å². The van der Waals surface area contributed by atoms with Gasteiger partial charge in [-0.15, -0.1) is 0 Å². The fourth-order valence-corrected chi connectivity index (χ4v) is 3.77. The standard InChI is InChI=1S/C17H35N3/c1-15(2,3)19-10-8-17(9-11-19)14-20(16(4,5)6)13-12-18(17)7/h8-14H2,1-7H3. The number of nitrogens with zero attached hydrogens (tertiary/aromatic N) is 3. The zero-order chi connectivity index (χ0) is 15.2. The van der Waals surface area contributed by atoms with Crippen molar-refractivity contribution in [2.24, 2.45) is 0 Å². The van der Waals surface area contributed by atoms with Crippen molar-refractivity contribution in [3.63, 3.8) is 0 Å². The molecule has 2 heterocycles. The molecule has 2 aliphatic heterocycles. The lowest BCUT2D eigenvalue weighted by Crippen LogP contribution is -2.67. The lowest BCUT2D eigenvalue weighted by Gasteiger charge is -2.57. The van der Waals surface area contributed by atoms with Crippen LogP contribution in [0.5, 0.6) is 0 Å². The smallest absolute Gasteiger partial charge is 0.0358 e. The maximum Gasteiger partial charge on any atom is 0.0358 e. The van der Waals surface area contributed by atoms with Gasteiger partial charge in [-0.2, -0.15) is 0 Å². The summed E-state index contributed by atoms with van der Waals surface area (Å²) in [7, 11) is 2.34. The van der Waals surface area contributed by atoms with Crippen molar-refractivity contribution in [2.75, 3.05) is 39.8 Å². The van der Waals surface area contributed by atoms with Gasteiger partial charge in [-0.3, -0.25) is 14.7 Å². The molecule has 0 bridgehead atoms. The average Bonchev–Trinajstić information content (AvgIpc) is 2.31. The lowest BCUT2D eigenvalue weighted by atomic mass is 9.81. The molecule has 2 saturated heterocycles. The number of likely N-dealkylation sites (tertiary alicyclic amines) is 1. The van der Waals surface area contributed by atoms with Crippen LogP contribution in [0.1, 0.15) is 54.4 Å². The number of piperazine rings is 1. The van der Waals surface area contributed by atoms with Crippen LogP contribution in [-0.2, 0) is 0 Å². The molecule has 0 atom stereocenters. The summed E-state index contributed by atoms with van der Waals surface area (Å²) in [5.74, 6) is 0. The van der Waals surface area contributed by atoms with Gasteiger partial charge in [0.05, 0.1) is 0 Å². The topological polar surface area (TPSA) is 9.72 Å². The fourth-order valence-electron chi connectivity index (χ4n) is 3.77. The molecule has 3 heteroatoms. The molecule has 0 aromatic heterocycles. The van der Waals surface area contributed by atoms with Crippen LogP contribution in [0, 0.1) is 0 Å². The lowest BCUT2D eigenvalue weighted by molar-refractivity contribution is -0.0653. The van der Waals surface area contributed by atoms with Gasteiger partial charge in [-0.05, 0) is 61.4 Å². The Morgan fingerprint density at radius 1 is 0.700 bits per heavy atom. The molecule has 0 amide bonds. The summed E-state index contributed by atoms with van der Waals surface area (Å²) in [6.45, 7) is 20.3. The molecule has 2 fully saturated rings. The van der Waals surface area contributed by atoms with Crippen molar-refractivity contribution in [1.29, 1.82) is 0 Å². The van der Waals surface area contributed by atoms with Crippen LogP contribution in [0.3, 0.4) is 0 Å². The number of hydrogen-bond acceptors (Lipinski definition) is 3. The highest BCUT2D eigenvalue weighted by Gasteiger charge is 2.45. The largest absolute Gasteiger partial charge is 0.298 e. The van der Waals surface area contributed by atoms with Gasteiger partial charge in [-0.1, -0.05) is 0 Å². The first-order chi connectivity index (χ1) is 9.05. The summed E-state index contributed by atoms with van der Waals surface area (Å²) >= 11 is 0. The highest BCUT2D eigenvalue weighted by atomic mass is 15.3. The van der Waals surface area contributed by atoms with E-state index in [4.69, 9.17) is 0 Å². The fraction of sp³-hybridized carbons (Fsp3) is 1.00. The molecule has 0 radical (unpaired) electrons. The molecule has 3 nitrogen and oxygen atoms in total. The van der Waals surface area contributed by atoms with Gasteiger partial charge in [-0.25, -0.2) is 0 Å². The van der Waals surface area contributed by atoms with E-state index in [0.29, 0.717) is 16.6 Å². The summed E-state index contributed by atoms with van der Waals surface area (Å²) in [5, 5.41) is 0. The first kappa shape index (κ1) is 16.3. The summed E-state index contributed by atoms with van der Waals surface area (Å²) in [5.41, 5.74) is 1.03. The molecule has 0 unspecified atom stereocenters. The second kappa shape index (κ2) is 5.26. The number of likely N-dealkylation sites (N-methyl/N-ethyl adjacent to an activating group) is 1. The van der Waals surface area contributed by atoms with Gasteiger partial charge in [0.1, 0.15) is 0 Å². The monoisotopic (exact) mass is 281 g/mol. The van der Waals surface area contributed by atoms with Gasteiger partial charge in [0, 0.05) is 49.3 Å². The Hall–Kier alpha value is -0.120. The van der Waals surface area contributed by atoms with E-state index < -0.39 is 0 Å². The van der Waals surface area contributed by atoms with Crippen LogP contribution < -0.4 is 0 Å². The molecule has 0 aromatic rings. The van der Waals surface area contributed by atoms with E-state index in [1.807, 2.05) is 0 Å². The predicted octanol–water partition coefficient (Wildman–Crippen LogP) is 2.67. The zero-order valence-electron chi connectivity index (χ0n) is 14.8. The third-order valence-corrected chi connectivity index (χ3v) is 5.59. The minimum absolute atomic E-state index is 0.301. The van der Waals surface area contributed by atoms with Crippen LogP contribution in [0.4, 0.5) is 0 Å². The summed E-state index contributed by atoms with van der Waals surface area (Å²) in [4.78, 5) is 8.00. The Balaban J connectivity index is 2.07. The quantitative estimate of drug-likeness (QED) is 0.676. The first-order valence-corrected chi connectivity index (χ1v) is 8.26. The van der Waals surface area contributed by atoms with E-state index in [0.717, 1.165) is 0 Å². The van der Waals surface area contributed by atoms with Crippen LogP contribution in [0.2, 0.25) is 0 Å². The summed E-state index contributed by atoms with van der Waals surface area (Å²) < 4.78 is 0. The molecule has 0 saturated carbocycles. The van der Waals surface area contributed by atoms with E-state index >= 15 is 0 Å². The Morgan fingerprint density at radius 2 is 1.20 bits per heavy atom. The third kappa shape index (κ3) is 3.20. The van der Waals surface area contributed by atoms with E-state index in [2.05, 4.69) is 63.3 Å². The van der Waals surface area contributed by atoms with Gasteiger partial charge < -0.3 is 0 Å². The van der Waals surface area contributed by atoms with Crippen molar-refractivity contribution in [3.8, 4) is 0 Å². The average molecular weight is 281 g/mol. The highest BCUT2D eigenvalue weighted by Crippen LogP contribution is 2.35. The maximum absolute atomic E-state index is 2.69. The van der Waals surface area contributed by atoms with Crippen LogP contribution in [0.15, 0.2) is 0 Å². The highest BCUT2D eigenvalue weighted by molar-refractivity contribution is 5.02. The van der Waals surface area contributed by atoms with Crippen LogP contribution in [-0.4, -0.2) is 71.1 Å². The molecule has 2 aliphatic rings.